The van der Waals surface area contributed by atoms with Crippen molar-refractivity contribution in [2.45, 2.75) is 31.7 Å². The Kier molecular flexibility index (Phi) is 7.84. The largest absolute Gasteiger partial charge is 0.452 e. The third-order valence-electron chi connectivity index (χ3n) is 5.40. The molecule has 0 bridgehead atoms. The van der Waals surface area contributed by atoms with Crippen LogP contribution in [0.1, 0.15) is 42.7 Å². The fraction of sp³-hybridized carbons (Fsp3) is 0.280. The first-order valence-electron chi connectivity index (χ1n) is 10.8. The topological polar surface area (TPSA) is 92.8 Å². The van der Waals surface area contributed by atoms with Crippen LogP contribution in [-0.2, 0) is 19.6 Å². The lowest BCUT2D eigenvalue weighted by molar-refractivity contribution is -0.124. The second-order valence-electron chi connectivity index (χ2n) is 7.59. The summed E-state index contributed by atoms with van der Waals surface area (Å²) in [6, 6.07) is 19.3. The quantitative estimate of drug-likeness (QED) is 0.481. The number of benzene rings is 3. The predicted octanol–water partition coefficient (Wildman–Crippen LogP) is 3.90. The second-order valence-corrected chi connectivity index (χ2v) is 9.53. The summed E-state index contributed by atoms with van der Waals surface area (Å²) in [5.41, 5.74) is 1.00. The van der Waals surface area contributed by atoms with E-state index < -0.39 is 28.5 Å². The number of hydrogen-bond acceptors (Lipinski definition) is 5. The number of hydrogen-bond donors (Lipinski definition) is 1. The summed E-state index contributed by atoms with van der Waals surface area (Å²) in [6.45, 7) is 5.52. The molecule has 0 aromatic heterocycles. The van der Waals surface area contributed by atoms with E-state index in [1.165, 1.54) is 28.6 Å². The standard InChI is InChI=1S/C25H28N2O5S/c1-4-27(5-2)33(30,31)23-12-8-11-22(16-23)25(29)32-17-24(28)26-18(3)20-14-13-19-9-6-7-10-21(19)15-20/h6-16,18H,4-5,17H2,1-3H3,(H,26,28). The zero-order valence-electron chi connectivity index (χ0n) is 18.9. The molecule has 3 aromatic carbocycles. The molecule has 0 saturated heterocycles. The summed E-state index contributed by atoms with van der Waals surface area (Å²) >= 11 is 0. The molecule has 1 N–H and O–H groups in total. The predicted molar refractivity (Wildman–Crippen MR) is 127 cm³/mol. The molecule has 1 unspecified atom stereocenters. The number of carbonyl (C=O) groups is 2. The number of amides is 1. The minimum Gasteiger partial charge on any atom is -0.452 e. The summed E-state index contributed by atoms with van der Waals surface area (Å²) in [6.07, 6.45) is 0. The molecule has 1 amide bonds. The third-order valence-corrected chi connectivity index (χ3v) is 7.44. The van der Waals surface area contributed by atoms with Crippen LogP contribution < -0.4 is 5.32 Å². The van der Waals surface area contributed by atoms with Crippen LogP contribution in [0.15, 0.2) is 71.6 Å². The molecule has 0 saturated carbocycles. The molecule has 0 aliphatic carbocycles. The minimum absolute atomic E-state index is 0.00929. The fourth-order valence-corrected chi connectivity index (χ4v) is 5.06. The molecule has 8 heteroatoms. The normalized spacial score (nSPS) is 12.5. The van der Waals surface area contributed by atoms with Crippen molar-refractivity contribution in [3.63, 3.8) is 0 Å². The number of esters is 1. The van der Waals surface area contributed by atoms with Crippen LogP contribution in [0.5, 0.6) is 0 Å². The maximum Gasteiger partial charge on any atom is 0.338 e. The van der Waals surface area contributed by atoms with E-state index in [1.54, 1.807) is 13.8 Å². The molecule has 1 atom stereocenters. The first kappa shape index (κ1) is 24.4. The Labute approximate surface area is 194 Å². The molecule has 3 rings (SSSR count). The molecule has 0 aliphatic rings. The Balaban J connectivity index is 1.61. The van der Waals surface area contributed by atoms with E-state index in [0.29, 0.717) is 13.1 Å². The molecule has 0 aliphatic heterocycles. The highest BCUT2D eigenvalue weighted by atomic mass is 32.2. The fourth-order valence-electron chi connectivity index (χ4n) is 3.55. The molecule has 33 heavy (non-hydrogen) atoms. The van der Waals surface area contributed by atoms with Gasteiger partial charge in [-0.1, -0.05) is 56.3 Å². The van der Waals surface area contributed by atoms with E-state index in [1.807, 2.05) is 49.4 Å². The van der Waals surface area contributed by atoms with E-state index in [9.17, 15) is 18.0 Å². The van der Waals surface area contributed by atoms with E-state index in [-0.39, 0.29) is 16.5 Å². The summed E-state index contributed by atoms with van der Waals surface area (Å²) in [5.74, 6) is -1.21. The first-order valence-corrected chi connectivity index (χ1v) is 12.3. The van der Waals surface area contributed by atoms with Gasteiger partial charge in [0.15, 0.2) is 6.61 Å². The SMILES string of the molecule is CCN(CC)S(=O)(=O)c1cccc(C(=O)OCC(=O)NC(C)c2ccc3ccccc3c2)c1. The van der Waals surface area contributed by atoms with Crippen LogP contribution in [0.25, 0.3) is 10.8 Å². The highest BCUT2D eigenvalue weighted by Crippen LogP contribution is 2.20. The van der Waals surface area contributed by atoms with E-state index in [4.69, 9.17) is 4.74 Å². The van der Waals surface area contributed by atoms with Crippen LogP contribution in [0, 0.1) is 0 Å². The highest BCUT2D eigenvalue weighted by Gasteiger charge is 2.23. The van der Waals surface area contributed by atoms with Crippen LogP contribution in [0.2, 0.25) is 0 Å². The molecule has 174 valence electrons. The zero-order valence-corrected chi connectivity index (χ0v) is 19.8. The number of nitrogens with one attached hydrogen (secondary N) is 1. The van der Waals surface area contributed by atoms with Crippen molar-refractivity contribution < 1.29 is 22.7 Å². The molecule has 0 fully saturated rings. The monoisotopic (exact) mass is 468 g/mol. The lowest BCUT2D eigenvalue weighted by atomic mass is 10.0. The van der Waals surface area contributed by atoms with Crippen molar-refractivity contribution in [3.05, 3.63) is 77.9 Å². The van der Waals surface area contributed by atoms with Crippen molar-refractivity contribution in [2.24, 2.45) is 0 Å². The maximum absolute atomic E-state index is 12.7. The number of carbonyl (C=O) groups excluding carboxylic acids is 2. The molecular formula is C25H28N2O5S. The average Bonchev–Trinajstić information content (AvgIpc) is 2.82. The highest BCUT2D eigenvalue weighted by molar-refractivity contribution is 7.89. The van der Waals surface area contributed by atoms with Gasteiger partial charge in [-0.3, -0.25) is 4.79 Å². The maximum atomic E-state index is 12.7. The van der Waals surface area contributed by atoms with Gasteiger partial charge in [-0.15, -0.1) is 0 Å². The lowest BCUT2D eigenvalue weighted by Gasteiger charge is -2.18. The number of nitrogens with zero attached hydrogens (tertiary/aromatic N) is 1. The Bertz CT molecular complexity index is 1250. The van der Waals surface area contributed by atoms with Crippen LogP contribution in [0.3, 0.4) is 0 Å². The van der Waals surface area contributed by atoms with Gasteiger partial charge in [0.1, 0.15) is 0 Å². The molecule has 3 aromatic rings. The van der Waals surface area contributed by atoms with Gasteiger partial charge in [-0.2, -0.15) is 4.31 Å². The Morgan fingerprint density at radius 2 is 1.64 bits per heavy atom. The van der Waals surface area contributed by atoms with Gasteiger partial charge in [-0.05, 0) is 47.5 Å². The van der Waals surface area contributed by atoms with Crippen molar-refractivity contribution in [1.82, 2.24) is 9.62 Å². The van der Waals surface area contributed by atoms with Gasteiger partial charge >= 0.3 is 5.97 Å². The first-order chi connectivity index (χ1) is 15.8. The van der Waals surface area contributed by atoms with Crippen molar-refractivity contribution in [1.29, 1.82) is 0 Å². The zero-order chi connectivity index (χ0) is 24.0. The van der Waals surface area contributed by atoms with Crippen LogP contribution in [-0.4, -0.2) is 44.3 Å². The number of sulfonamides is 1. The number of rotatable bonds is 9. The van der Waals surface area contributed by atoms with Crippen molar-refractivity contribution >= 4 is 32.7 Å². The molecular weight excluding hydrogens is 440 g/mol. The van der Waals surface area contributed by atoms with Gasteiger partial charge < -0.3 is 10.1 Å². The summed E-state index contributed by atoms with van der Waals surface area (Å²) in [5, 5.41) is 5.00. The molecule has 0 spiro atoms. The summed E-state index contributed by atoms with van der Waals surface area (Å²) in [4.78, 5) is 24.8. The van der Waals surface area contributed by atoms with Crippen molar-refractivity contribution in [2.75, 3.05) is 19.7 Å². The average molecular weight is 469 g/mol. The molecule has 0 heterocycles. The molecule has 0 radical (unpaired) electrons. The van der Waals surface area contributed by atoms with Crippen LogP contribution in [0.4, 0.5) is 0 Å². The Morgan fingerprint density at radius 3 is 2.33 bits per heavy atom. The smallest absolute Gasteiger partial charge is 0.338 e. The van der Waals surface area contributed by atoms with E-state index in [0.717, 1.165) is 16.3 Å². The van der Waals surface area contributed by atoms with Crippen molar-refractivity contribution in [3.8, 4) is 0 Å². The lowest BCUT2D eigenvalue weighted by Crippen LogP contribution is -2.31. The Morgan fingerprint density at radius 1 is 0.939 bits per heavy atom. The van der Waals surface area contributed by atoms with Gasteiger partial charge in [0, 0.05) is 13.1 Å². The number of fused-ring (bicyclic) bond motifs is 1. The van der Waals surface area contributed by atoms with Gasteiger partial charge in [0.05, 0.1) is 16.5 Å². The van der Waals surface area contributed by atoms with E-state index in [2.05, 4.69) is 5.32 Å². The summed E-state index contributed by atoms with van der Waals surface area (Å²) < 4.78 is 31.8. The number of ether oxygens (including phenoxy) is 1. The van der Waals surface area contributed by atoms with Gasteiger partial charge in [0.25, 0.3) is 5.91 Å². The van der Waals surface area contributed by atoms with Gasteiger partial charge in [0.2, 0.25) is 10.0 Å². The molecule has 7 nitrogen and oxygen atoms in total. The van der Waals surface area contributed by atoms with Crippen LogP contribution >= 0.6 is 0 Å². The Hall–Kier alpha value is -3.23. The third kappa shape index (κ3) is 5.77. The van der Waals surface area contributed by atoms with Gasteiger partial charge in [-0.25, -0.2) is 13.2 Å². The minimum atomic E-state index is -3.70. The second kappa shape index (κ2) is 10.6. The van der Waals surface area contributed by atoms with E-state index >= 15 is 0 Å². The summed E-state index contributed by atoms with van der Waals surface area (Å²) in [7, 11) is -3.70.